The minimum absolute atomic E-state index is 0.120. The Hall–Kier alpha value is -3.87. The summed E-state index contributed by atoms with van der Waals surface area (Å²) >= 11 is 0. The number of hydrogen-bond donors (Lipinski definition) is 1. The highest BCUT2D eigenvalue weighted by atomic mass is 16.5. The summed E-state index contributed by atoms with van der Waals surface area (Å²) in [6, 6.07) is 18.2. The van der Waals surface area contributed by atoms with Gasteiger partial charge in [0.25, 0.3) is 5.91 Å². The van der Waals surface area contributed by atoms with Crippen LogP contribution in [0.5, 0.6) is 5.75 Å². The van der Waals surface area contributed by atoms with Crippen LogP contribution >= 0.6 is 0 Å². The summed E-state index contributed by atoms with van der Waals surface area (Å²) in [6.07, 6.45) is 1.14. The van der Waals surface area contributed by atoms with E-state index in [4.69, 9.17) is 9.47 Å². The van der Waals surface area contributed by atoms with Crippen LogP contribution in [0.25, 0.3) is 0 Å². The van der Waals surface area contributed by atoms with Gasteiger partial charge in [-0.3, -0.25) is 9.78 Å². The average molecular weight is 417 g/mol. The molecular weight excluding hydrogens is 394 g/mol. The van der Waals surface area contributed by atoms with E-state index in [1.807, 2.05) is 30.3 Å². The molecule has 0 fully saturated rings. The Morgan fingerprint density at radius 2 is 1.87 bits per heavy atom. The fraction of sp³-hybridized carbons (Fsp3) is 0.208. The summed E-state index contributed by atoms with van der Waals surface area (Å²) in [5.74, 6) is 0.211. The van der Waals surface area contributed by atoms with Gasteiger partial charge in [-0.15, -0.1) is 0 Å². The van der Waals surface area contributed by atoms with Crippen molar-refractivity contribution in [3.05, 3.63) is 89.2 Å². The average Bonchev–Trinajstić information content (AvgIpc) is 3.06. The minimum Gasteiger partial charge on any atom is -0.497 e. The van der Waals surface area contributed by atoms with Gasteiger partial charge in [-0.05, 0) is 48.9 Å². The molecule has 0 bridgehead atoms. The van der Waals surface area contributed by atoms with E-state index in [1.165, 1.54) is 0 Å². The molecule has 7 heteroatoms. The number of fused-ring (bicyclic) bond motifs is 1. The third-order valence-corrected chi connectivity index (χ3v) is 5.13. The molecule has 0 saturated heterocycles. The van der Waals surface area contributed by atoms with E-state index in [0.29, 0.717) is 29.1 Å². The van der Waals surface area contributed by atoms with Crippen molar-refractivity contribution in [3.8, 4) is 5.75 Å². The second-order valence-corrected chi connectivity index (χ2v) is 7.03. The number of methoxy groups -OCH3 is 1. The van der Waals surface area contributed by atoms with Crippen molar-refractivity contribution < 1.29 is 19.1 Å². The zero-order chi connectivity index (χ0) is 21.8. The third-order valence-electron chi connectivity index (χ3n) is 5.13. The van der Waals surface area contributed by atoms with Crippen LogP contribution in [0.4, 0.5) is 5.69 Å². The Balaban J connectivity index is 1.68. The number of ether oxygens (including phenoxy) is 2. The maximum Gasteiger partial charge on any atom is 0.340 e. The summed E-state index contributed by atoms with van der Waals surface area (Å²) in [7, 11) is 1.61. The number of para-hydroxylation sites is 1. The van der Waals surface area contributed by atoms with Crippen molar-refractivity contribution in [1.82, 2.24) is 9.88 Å². The first kappa shape index (κ1) is 20.4. The molecule has 7 nitrogen and oxygen atoms in total. The van der Waals surface area contributed by atoms with E-state index in [1.54, 1.807) is 55.5 Å². The van der Waals surface area contributed by atoms with Crippen LogP contribution in [-0.4, -0.2) is 35.5 Å². The summed E-state index contributed by atoms with van der Waals surface area (Å²) in [5, 5.41) is 3.35. The van der Waals surface area contributed by atoms with E-state index < -0.39 is 12.1 Å². The van der Waals surface area contributed by atoms with E-state index >= 15 is 0 Å². The van der Waals surface area contributed by atoms with Gasteiger partial charge in [-0.2, -0.15) is 0 Å². The maximum atomic E-state index is 13.2. The predicted octanol–water partition coefficient (Wildman–Crippen LogP) is 4.03. The van der Waals surface area contributed by atoms with Gasteiger partial charge in [0.2, 0.25) is 0 Å². The number of rotatable bonds is 7. The molecule has 1 aliphatic rings. The fourth-order valence-electron chi connectivity index (χ4n) is 3.62. The molecule has 1 N–H and O–H groups in total. The number of anilines is 1. The van der Waals surface area contributed by atoms with Gasteiger partial charge >= 0.3 is 5.97 Å². The lowest BCUT2D eigenvalue weighted by molar-refractivity contribution is 0.0527. The summed E-state index contributed by atoms with van der Waals surface area (Å²) in [4.78, 5) is 31.8. The number of esters is 1. The fourth-order valence-corrected chi connectivity index (χ4v) is 3.62. The van der Waals surface area contributed by atoms with Crippen LogP contribution in [0.3, 0.4) is 0 Å². The van der Waals surface area contributed by atoms with Crippen molar-refractivity contribution in [1.29, 1.82) is 0 Å². The highest BCUT2D eigenvalue weighted by Gasteiger charge is 2.38. The van der Waals surface area contributed by atoms with Crippen LogP contribution in [0.2, 0.25) is 0 Å². The maximum absolute atomic E-state index is 13.2. The first-order chi connectivity index (χ1) is 15.1. The molecule has 0 saturated carbocycles. The lowest BCUT2D eigenvalue weighted by atomic mass is 10.1. The normalized spacial score (nSPS) is 14.8. The van der Waals surface area contributed by atoms with Crippen LogP contribution in [-0.2, 0) is 11.3 Å². The Bertz CT molecular complexity index is 1100. The molecule has 1 amide bonds. The number of amides is 1. The molecular formula is C24H23N3O4. The summed E-state index contributed by atoms with van der Waals surface area (Å²) in [6.45, 7) is 2.42. The largest absolute Gasteiger partial charge is 0.497 e. The molecule has 4 rings (SSSR count). The zero-order valence-electron chi connectivity index (χ0n) is 17.4. The van der Waals surface area contributed by atoms with Crippen molar-refractivity contribution in [2.24, 2.45) is 0 Å². The molecule has 2 heterocycles. The van der Waals surface area contributed by atoms with Crippen molar-refractivity contribution in [3.63, 3.8) is 0 Å². The zero-order valence-corrected chi connectivity index (χ0v) is 17.4. The molecule has 1 aliphatic heterocycles. The molecule has 1 atom stereocenters. The highest BCUT2D eigenvalue weighted by Crippen LogP contribution is 2.35. The minimum atomic E-state index is -0.527. The lowest BCUT2D eigenvalue weighted by Gasteiger charge is -2.27. The molecule has 0 aliphatic carbocycles. The standard InChI is InChI=1S/C24H23N3O4/c1-3-31-24(29)18-7-4-5-9-20(18)26-22-21-19(8-6-14-25-21)23(28)27(22)15-16-10-12-17(30-2)13-11-16/h4-14,22,26H,3,15H2,1-2H3. The molecule has 3 aromatic rings. The van der Waals surface area contributed by atoms with Gasteiger partial charge in [0, 0.05) is 12.7 Å². The second-order valence-electron chi connectivity index (χ2n) is 7.03. The topological polar surface area (TPSA) is 80.8 Å². The predicted molar refractivity (Wildman–Crippen MR) is 116 cm³/mol. The Morgan fingerprint density at radius 1 is 1.10 bits per heavy atom. The number of nitrogens with one attached hydrogen (secondary N) is 1. The smallest absolute Gasteiger partial charge is 0.340 e. The van der Waals surface area contributed by atoms with Crippen molar-refractivity contribution in [2.75, 3.05) is 19.0 Å². The van der Waals surface area contributed by atoms with E-state index in [2.05, 4.69) is 10.3 Å². The first-order valence-electron chi connectivity index (χ1n) is 10.0. The molecule has 31 heavy (non-hydrogen) atoms. The Kier molecular flexibility index (Phi) is 5.84. The van der Waals surface area contributed by atoms with Gasteiger partial charge in [0.15, 0.2) is 0 Å². The van der Waals surface area contributed by atoms with E-state index in [9.17, 15) is 9.59 Å². The number of carbonyl (C=O) groups is 2. The van der Waals surface area contributed by atoms with Crippen molar-refractivity contribution >= 4 is 17.6 Å². The third kappa shape index (κ3) is 4.07. The number of pyridine rings is 1. The number of hydrogen-bond acceptors (Lipinski definition) is 6. The molecule has 0 radical (unpaired) electrons. The van der Waals surface area contributed by atoms with Gasteiger partial charge in [0.05, 0.1) is 36.2 Å². The van der Waals surface area contributed by atoms with Gasteiger partial charge < -0.3 is 19.7 Å². The highest BCUT2D eigenvalue weighted by molar-refractivity contribution is 6.00. The van der Waals surface area contributed by atoms with Crippen LogP contribution in [0, 0.1) is 0 Å². The van der Waals surface area contributed by atoms with Crippen LogP contribution in [0.15, 0.2) is 66.9 Å². The summed E-state index contributed by atoms with van der Waals surface area (Å²) in [5.41, 5.74) is 3.11. The number of carbonyl (C=O) groups excluding carboxylic acids is 2. The molecule has 1 unspecified atom stereocenters. The van der Waals surface area contributed by atoms with Crippen LogP contribution in [0.1, 0.15) is 45.1 Å². The summed E-state index contributed by atoms with van der Waals surface area (Å²) < 4.78 is 10.4. The quantitative estimate of drug-likeness (QED) is 0.585. The monoisotopic (exact) mass is 417 g/mol. The van der Waals surface area contributed by atoms with Crippen LogP contribution < -0.4 is 10.1 Å². The van der Waals surface area contributed by atoms with Gasteiger partial charge in [-0.1, -0.05) is 24.3 Å². The van der Waals surface area contributed by atoms with Crippen molar-refractivity contribution in [2.45, 2.75) is 19.6 Å². The Morgan fingerprint density at radius 3 is 2.61 bits per heavy atom. The molecule has 0 spiro atoms. The number of nitrogens with zero attached hydrogens (tertiary/aromatic N) is 2. The lowest BCUT2D eigenvalue weighted by Crippen LogP contribution is -2.32. The van der Waals surface area contributed by atoms with Gasteiger partial charge in [0.1, 0.15) is 11.9 Å². The Labute approximate surface area is 180 Å². The van der Waals surface area contributed by atoms with E-state index in [-0.39, 0.29) is 12.5 Å². The second kappa shape index (κ2) is 8.87. The molecule has 2 aromatic carbocycles. The van der Waals surface area contributed by atoms with E-state index in [0.717, 1.165) is 11.3 Å². The number of benzene rings is 2. The molecule has 158 valence electrons. The van der Waals surface area contributed by atoms with Gasteiger partial charge in [-0.25, -0.2) is 4.79 Å². The first-order valence-corrected chi connectivity index (χ1v) is 10.0. The number of aromatic nitrogens is 1. The molecule has 1 aromatic heterocycles. The SMILES string of the molecule is CCOC(=O)c1ccccc1NC1c2ncccc2C(=O)N1Cc1ccc(OC)cc1.